The molecule has 2 aliphatic rings. The summed E-state index contributed by atoms with van der Waals surface area (Å²) in [5.74, 6) is 0.317. The number of nitrogens with two attached hydrogens (primary N) is 1. The molecule has 1 saturated heterocycles. The van der Waals surface area contributed by atoms with Crippen LogP contribution in [0, 0.1) is 16.0 Å². The van der Waals surface area contributed by atoms with Gasteiger partial charge in [-0.05, 0) is 38.8 Å². The van der Waals surface area contributed by atoms with E-state index in [2.05, 4.69) is 11.9 Å². The minimum Gasteiger partial charge on any atom is -0.393 e. The van der Waals surface area contributed by atoms with Crippen molar-refractivity contribution < 1.29 is 4.92 Å². The van der Waals surface area contributed by atoms with Gasteiger partial charge in [0, 0.05) is 12.1 Å². The van der Waals surface area contributed by atoms with Crippen LogP contribution in [-0.2, 0) is 0 Å². The van der Waals surface area contributed by atoms with Crippen molar-refractivity contribution in [3.63, 3.8) is 0 Å². The van der Waals surface area contributed by atoms with Crippen LogP contribution in [0.1, 0.15) is 19.3 Å². The summed E-state index contributed by atoms with van der Waals surface area (Å²) in [4.78, 5) is 12.9. The van der Waals surface area contributed by atoms with Crippen LogP contribution in [-0.4, -0.2) is 30.0 Å². The zero-order valence-electron chi connectivity index (χ0n) is 9.48. The molecule has 1 heterocycles. The Morgan fingerprint density at radius 3 is 3.00 bits per heavy atom. The highest BCUT2D eigenvalue weighted by molar-refractivity contribution is 5.33. The van der Waals surface area contributed by atoms with Gasteiger partial charge in [0.25, 0.3) is 5.70 Å². The molecule has 0 radical (unpaired) electrons. The average Bonchev–Trinajstić information content (AvgIpc) is 2.40. The van der Waals surface area contributed by atoms with E-state index in [4.69, 9.17) is 5.73 Å². The Hall–Kier alpha value is -1.36. The van der Waals surface area contributed by atoms with Gasteiger partial charge in [-0.25, -0.2) is 0 Å². The normalized spacial score (nSPS) is 27.1. The van der Waals surface area contributed by atoms with Gasteiger partial charge in [0.2, 0.25) is 0 Å². The number of hydrogen-bond acceptors (Lipinski definition) is 4. The number of nitro groups is 1. The minimum absolute atomic E-state index is 0.173. The van der Waals surface area contributed by atoms with Crippen molar-refractivity contribution in [3.8, 4) is 0 Å². The van der Waals surface area contributed by atoms with E-state index in [9.17, 15) is 10.1 Å². The van der Waals surface area contributed by atoms with Gasteiger partial charge < -0.3 is 10.6 Å². The third-order valence-electron chi connectivity index (χ3n) is 3.50. The molecule has 0 aromatic rings. The zero-order chi connectivity index (χ0) is 11.7. The van der Waals surface area contributed by atoms with E-state index in [1.54, 1.807) is 6.08 Å². The summed E-state index contributed by atoms with van der Waals surface area (Å²) in [6.07, 6.45) is 4.42. The second-order valence-corrected chi connectivity index (χ2v) is 4.56. The second-order valence-electron chi connectivity index (χ2n) is 4.56. The molecule has 1 fully saturated rings. The monoisotopic (exact) mass is 223 g/mol. The second kappa shape index (κ2) is 4.25. The molecule has 16 heavy (non-hydrogen) atoms. The Morgan fingerprint density at radius 1 is 1.56 bits per heavy atom. The van der Waals surface area contributed by atoms with Crippen molar-refractivity contribution in [2.45, 2.75) is 19.3 Å². The molecule has 1 aliphatic carbocycles. The van der Waals surface area contributed by atoms with E-state index in [0.29, 0.717) is 11.6 Å². The van der Waals surface area contributed by atoms with Gasteiger partial charge in [-0.15, -0.1) is 0 Å². The fraction of sp³-hybridized carbons (Fsp3) is 0.636. The van der Waals surface area contributed by atoms with Crippen molar-refractivity contribution in [1.82, 2.24) is 4.90 Å². The fourth-order valence-electron chi connectivity index (χ4n) is 2.52. The van der Waals surface area contributed by atoms with E-state index in [1.165, 1.54) is 0 Å². The van der Waals surface area contributed by atoms with Crippen molar-refractivity contribution in [2.24, 2.45) is 11.7 Å². The van der Waals surface area contributed by atoms with Crippen molar-refractivity contribution >= 4 is 0 Å². The number of allylic oxidation sites excluding steroid dienone is 1. The lowest BCUT2D eigenvalue weighted by Crippen LogP contribution is -2.20. The molecule has 5 heteroatoms. The van der Waals surface area contributed by atoms with Crippen LogP contribution in [0.4, 0.5) is 0 Å². The van der Waals surface area contributed by atoms with E-state index < -0.39 is 0 Å². The highest BCUT2D eigenvalue weighted by Gasteiger charge is 2.32. The van der Waals surface area contributed by atoms with Crippen LogP contribution in [0.25, 0.3) is 0 Å². The first kappa shape index (κ1) is 11.1. The number of hydrogen-bond donors (Lipinski definition) is 1. The van der Waals surface area contributed by atoms with Gasteiger partial charge in [0.15, 0.2) is 0 Å². The summed E-state index contributed by atoms with van der Waals surface area (Å²) in [6.45, 7) is 1.89. The highest BCUT2D eigenvalue weighted by Crippen LogP contribution is 2.34. The third-order valence-corrected chi connectivity index (χ3v) is 3.50. The molecule has 5 nitrogen and oxygen atoms in total. The number of likely N-dealkylation sites (tertiary alicyclic amines) is 1. The Bertz CT molecular complexity index is 373. The highest BCUT2D eigenvalue weighted by atomic mass is 16.6. The van der Waals surface area contributed by atoms with Gasteiger partial charge in [-0.3, -0.25) is 10.1 Å². The first-order chi connectivity index (χ1) is 7.59. The molecule has 0 bridgehead atoms. The van der Waals surface area contributed by atoms with Crippen LogP contribution >= 0.6 is 0 Å². The first-order valence-electron chi connectivity index (χ1n) is 5.61. The van der Waals surface area contributed by atoms with Crippen LogP contribution in [0.5, 0.6) is 0 Å². The first-order valence-corrected chi connectivity index (χ1v) is 5.61. The summed E-state index contributed by atoms with van der Waals surface area (Å²) in [5.41, 5.74) is 7.19. The van der Waals surface area contributed by atoms with Crippen LogP contribution in [0.3, 0.4) is 0 Å². The van der Waals surface area contributed by atoms with E-state index in [1.807, 2.05) is 0 Å². The summed E-state index contributed by atoms with van der Waals surface area (Å²) in [6, 6.07) is 0. The van der Waals surface area contributed by atoms with Crippen LogP contribution in [0.15, 0.2) is 23.0 Å². The average molecular weight is 223 g/mol. The molecule has 0 amide bonds. The summed E-state index contributed by atoms with van der Waals surface area (Å²) in [5, 5.41) is 11.0. The predicted octanol–water partition coefficient (Wildman–Crippen LogP) is 1.11. The molecule has 1 unspecified atom stereocenters. The maximum atomic E-state index is 11.0. The molecular formula is C11H17N3O2. The van der Waals surface area contributed by atoms with Gasteiger partial charge >= 0.3 is 0 Å². The topological polar surface area (TPSA) is 72.4 Å². The lowest BCUT2D eigenvalue weighted by molar-refractivity contribution is -0.423. The Kier molecular flexibility index (Phi) is 2.96. The van der Waals surface area contributed by atoms with E-state index in [0.717, 1.165) is 37.9 Å². The molecule has 0 aromatic carbocycles. The lowest BCUT2D eigenvalue weighted by atomic mass is 9.85. The molecule has 0 spiro atoms. The number of rotatable bonds is 1. The molecule has 2 N–H and O–H groups in total. The summed E-state index contributed by atoms with van der Waals surface area (Å²) < 4.78 is 0. The molecule has 1 aliphatic heterocycles. The zero-order valence-corrected chi connectivity index (χ0v) is 9.48. The number of fused-ring (bicyclic) bond motifs is 1. The quantitative estimate of drug-likeness (QED) is 0.534. The summed E-state index contributed by atoms with van der Waals surface area (Å²) in [7, 11) is 2.06. The van der Waals surface area contributed by atoms with Gasteiger partial charge in [0.05, 0.1) is 4.92 Å². The Labute approximate surface area is 94.8 Å². The van der Waals surface area contributed by atoms with Crippen molar-refractivity contribution in [1.29, 1.82) is 0 Å². The van der Waals surface area contributed by atoms with Crippen LogP contribution < -0.4 is 5.73 Å². The van der Waals surface area contributed by atoms with Gasteiger partial charge in [0.1, 0.15) is 5.70 Å². The molecule has 88 valence electrons. The lowest BCUT2D eigenvalue weighted by Gasteiger charge is -2.20. The largest absolute Gasteiger partial charge is 0.393 e. The summed E-state index contributed by atoms with van der Waals surface area (Å²) >= 11 is 0. The molecule has 0 saturated carbocycles. The maximum Gasteiger partial charge on any atom is 0.291 e. The smallest absolute Gasteiger partial charge is 0.291 e. The maximum absolute atomic E-state index is 11.0. The van der Waals surface area contributed by atoms with Crippen molar-refractivity contribution in [2.75, 3.05) is 20.1 Å². The minimum atomic E-state index is -0.321. The predicted molar refractivity (Wildman–Crippen MR) is 61.1 cm³/mol. The Morgan fingerprint density at radius 2 is 2.31 bits per heavy atom. The van der Waals surface area contributed by atoms with E-state index in [-0.39, 0.29) is 10.6 Å². The SMILES string of the molecule is CN1CCC2=C([N+](=O)[O-])C(N)=CCC2CC1. The number of nitrogens with zero attached hydrogens (tertiary/aromatic N) is 2. The third kappa shape index (κ3) is 1.95. The Balaban J connectivity index is 2.36. The molecular weight excluding hydrogens is 206 g/mol. The molecule has 1 atom stereocenters. The standard InChI is InChI=1S/C11H17N3O2/c1-13-6-4-8-2-3-10(12)11(14(15)16)9(8)5-7-13/h3,8H,2,4-7,12H2,1H3. The van der Waals surface area contributed by atoms with Gasteiger partial charge in [-0.2, -0.15) is 0 Å². The molecule has 2 rings (SSSR count). The van der Waals surface area contributed by atoms with Crippen molar-refractivity contribution in [3.05, 3.63) is 33.2 Å². The van der Waals surface area contributed by atoms with E-state index >= 15 is 0 Å². The molecule has 0 aromatic heterocycles. The van der Waals surface area contributed by atoms with Gasteiger partial charge in [-0.1, -0.05) is 6.08 Å². The van der Waals surface area contributed by atoms with Crippen LogP contribution in [0.2, 0.25) is 0 Å². The fourth-order valence-corrected chi connectivity index (χ4v) is 2.52.